The first-order valence-corrected chi connectivity index (χ1v) is 8.14. The molecule has 122 valence electrons. The number of ketones is 1. The molecule has 0 bridgehead atoms. The molecule has 3 aromatic rings. The lowest BCUT2D eigenvalue weighted by atomic mass is 10.1. The molecule has 24 heavy (non-hydrogen) atoms. The van der Waals surface area contributed by atoms with Crippen molar-refractivity contribution in [3.8, 4) is 5.69 Å². The maximum atomic E-state index is 12.6. The van der Waals surface area contributed by atoms with Crippen molar-refractivity contribution in [3.05, 3.63) is 83.2 Å². The van der Waals surface area contributed by atoms with Gasteiger partial charge in [-0.05, 0) is 56.7 Å². The largest absolute Gasteiger partial charge is 0.378 e. The number of carbonyl (C=O) groups excluding carboxylic acids is 1. The van der Waals surface area contributed by atoms with Gasteiger partial charge in [0.2, 0.25) is 0 Å². The van der Waals surface area contributed by atoms with Crippen LogP contribution >= 0.6 is 0 Å². The van der Waals surface area contributed by atoms with Crippen LogP contribution in [0.25, 0.3) is 5.69 Å². The quantitative estimate of drug-likeness (QED) is 0.692. The molecule has 3 heteroatoms. The molecule has 0 amide bonds. The van der Waals surface area contributed by atoms with Gasteiger partial charge in [-0.15, -0.1) is 0 Å². The van der Waals surface area contributed by atoms with Crippen LogP contribution in [0.15, 0.2) is 60.7 Å². The van der Waals surface area contributed by atoms with Crippen LogP contribution in [0, 0.1) is 20.8 Å². The topological polar surface area (TPSA) is 34.0 Å². The average Bonchev–Trinajstić information content (AvgIpc) is 2.88. The third kappa shape index (κ3) is 3.25. The van der Waals surface area contributed by atoms with E-state index < -0.39 is 0 Å². The SMILES string of the molecule is Cc1cccc(NCC(=O)c2cc(C)n(-c3ccccc3)c2C)c1. The average molecular weight is 318 g/mol. The molecule has 2 aromatic carbocycles. The molecule has 0 atom stereocenters. The predicted octanol–water partition coefficient (Wildman–Crippen LogP) is 4.70. The van der Waals surface area contributed by atoms with Crippen LogP contribution in [0.1, 0.15) is 27.3 Å². The number of nitrogens with one attached hydrogen (secondary N) is 1. The fourth-order valence-electron chi connectivity index (χ4n) is 3.05. The maximum Gasteiger partial charge on any atom is 0.183 e. The normalized spacial score (nSPS) is 10.6. The molecule has 0 aliphatic heterocycles. The molecule has 3 nitrogen and oxygen atoms in total. The number of nitrogens with zero attached hydrogens (tertiary/aromatic N) is 1. The van der Waals surface area contributed by atoms with Gasteiger partial charge in [-0.2, -0.15) is 0 Å². The molecule has 0 saturated carbocycles. The minimum absolute atomic E-state index is 0.104. The Morgan fingerprint density at radius 1 is 0.958 bits per heavy atom. The van der Waals surface area contributed by atoms with E-state index >= 15 is 0 Å². The second kappa shape index (κ2) is 6.75. The Hall–Kier alpha value is -2.81. The molecule has 0 aliphatic rings. The summed E-state index contributed by atoms with van der Waals surface area (Å²) < 4.78 is 2.12. The van der Waals surface area contributed by atoms with Crippen molar-refractivity contribution in [1.29, 1.82) is 0 Å². The molecule has 1 aromatic heterocycles. The zero-order chi connectivity index (χ0) is 17.1. The monoisotopic (exact) mass is 318 g/mol. The highest BCUT2D eigenvalue weighted by Gasteiger charge is 2.16. The van der Waals surface area contributed by atoms with Crippen molar-refractivity contribution >= 4 is 11.5 Å². The summed E-state index contributed by atoms with van der Waals surface area (Å²) >= 11 is 0. The molecule has 1 N–H and O–H groups in total. The smallest absolute Gasteiger partial charge is 0.183 e. The second-order valence-electron chi connectivity index (χ2n) is 6.10. The van der Waals surface area contributed by atoms with E-state index in [1.807, 2.05) is 69.3 Å². The van der Waals surface area contributed by atoms with Gasteiger partial charge in [0.1, 0.15) is 0 Å². The highest BCUT2D eigenvalue weighted by atomic mass is 16.1. The lowest BCUT2D eigenvalue weighted by molar-refractivity contribution is 0.101. The van der Waals surface area contributed by atoms with E-state index in [2.05, 4.69) is 22.0 Å². The van der Waals surface area contributed by atoms with Gasteiger partial charge in [0, 0.05) is 28.3 Å². The zero-order valence-electron chi connectivity index (χ0n) is 14.3. The van der Waals surface area contributed by atoms with Crippen LogP contribution in [-0.4, -0.2) is 16.9 Å². The summed E-state index contributed by atoms with van der Waals surface area (Å²) in [4.78, 5) is 12.6. The van der Waals surface area contributed by atoms with E-state index in [1.165, 1.54) is 5.56 Å². The molecule has 1 heterocycles. The van der Waals surface area contributed by atoms with Crippen molar-refractivity contribution in [2.24, 2.45) is 0 Å². The summed E-state index contributed by atoms with van der Waals surface area (Å²) in [6, 6.07) is 20.2. The Morgan fingerprint density at radius 2 is 1.71 bits per heavy atom. The Bertz CT molecular complexity index is 863. The van der Waals surface area contributed by atoms with Crippen LogP contribution in [0.5, 0.6) is 0 Å². The molecular formula is C21H22N2O. The third-order valence-corrected chi connectivity index (χ3v) is 4.22. The molecule has 0 spiro atoms. The van der Waals surface area contributed by atoms with E-state index in [-0.39, 0.29) is 5.78 Å². The molecule has 0 unspecified atom stereocenters. The number of benzene rings is 2. The lowest BCUT2D eigenvalue weighted by Gasteiger charge is -2.10. The van der Waals surface area contributed by atoms with Crippen LogP contribution in [0.2, 0.25) is 0 Å². The van der Waals surface area contributed by atoms with Crippen molar-refractivity contribution in [2.75, 3.05) is 11.9 Å². The fourth-order valence-corrected chi connectivity index (χ4v) is 3.05. The summed E-state index contributed by atoms with van der Waals surface area (Å²) in [5, 5.41) is 3.22. The summed E-state index contributed by atoms with van der Waals surface area (Å²) in [5.41, 5.74) is 6.05. The van der Waals surface area contributed by atoms with Crippen molar-refractivity contribution in [1.82, 2.24) is 4.57 Å². The van der Waals surface area contributed by atoms with Crippen LogP contribution in [0.3, 0.4) is 0 Å². The van der Waals surface area contributed by atoms with Crippen LogP contribution in [0.4, 0.5) is 5.69 Å². The Morgan fingerprint density at radius 3 is 2.42 bits per heavy atom. The molecule has 0 radical (unpaired) electrons. The van der Waals surface area contributed by atoms with Gasteiger partial charge in [0.25, 0.3) is 0 Å². The number of hydrogen-bond donors (Lipinski definition) is 1. The highest BCUT2D eigenvalue weighted by Crippen LogP contribution is 2.21. The summed E-state index contributed by atoms with van der Waals surface area (Å²) in [6.45, 7) is 6.37. The molecule has 0 fully saturated rings. The zero-order valence-corrected chi connectivity index (χ0v) is 14.3. The number of para-hydroxylation sites is 1. The van der Waals surface area contributed by atoms with Crippen LogP contribution < -0.4 is 5.32 Å². The minimum Gasteiger partial charge on any atom is -0.378 e. The van der Waals surface area contributed by atoms with Gasteiger partial charge in [-0.1, -0.05) is 30.3 Å². The lowest BCUT2D eigenvalue weighted by Crippen LogP contribution is -2.15. The van der Waals surface area contributed by atoms with Gasteiger partial charge in [0.15, 0.2) is 5.78 Å². The van der Waals surface area contributed by atoms with Crippen molar-refractivity contribution in [3.63, 3.8) is 0 Å². The van der Waals surface area contributed by atoms with Crippen molar-refractivity contribution < 1.29 is 4.79 Å². The van der Waals surface area contributed by atoms with E-state index in [0.29, 0.717) is 6.54 Å². The fraction of sp³-hybridized carbons (Fsp3) is 0.190. The second-order valence-corrected chi connectivity index (χ2v) is 6.10. The first kappa shape index (κ1) is 16.1. The van der Waals surface area contributed by atoms with Gasteiger partial charge in [-0.3, -0.25) is 4.79 Å². The number of Topliss-reactive ketones (excluding diaryl/α,β-unsaturated/α-hetero) is 1. The highest BCUT2D eigenvalue weighted by molar-refractivity contribution is 6.00. The van der Waals surface area contributed by atoms with E-state index in [0.717, 1.165) is 28.3 Å². The molecule has 3 rings (SSSR count). The van der Waals surface area contributed by atoms with Gasteiger partial charge < -0.3 is 9.88 Å². The van der Waals surface area contributed by atoms with E-state index in [1.54, 1.807) is 0 Å². The molecular weight excluding hydrogens is 296 g/mol. The number of hydrogen-bond acceptors (Lipinski definition) is 2. The van der Waals surface area contributed by atoms with Crippen LogP contribution in [-0.2, 0) is 0 Å². The number of carbonyl (C=O) groups is 1. The predicted molar refractivity (Wildman–Crippen MR) is 99.2 cm³/mol. The summed E-state index contributed by atoms with van der Waals surface area (Å²) in [5.74, 6) is 0.104. The van der Waals surface area contributed by atoms with E-state index in [4.69, 9.17) is 0 Å². The molecule has 0 aliphatic carbocycles. The summed E-state index contributed by atoms with van der Waals surface area (Å²) in [7, 11) is 0. The third-order valence-electron chi connectivity index (χ3n) is 4.22. The number of anilines is 1. The van der Waals surface area contributed by atoms with Gasteiger partial charge in [-0.25, -0.2) is 0 Å². The summed E-state index contributed by atoms with van der Waals surface area (Å²) in [6.07, 6.45) is 0. The standard InChI is InChI=1S/C21H22N2O/c1-15-8-7-9-18(12-15)22-14-21(24)20-13-16(2)23(17(20)3)19-10-5-4-6-11-19/h4-13,22H,14H2,1-3H3. The van der Waals surface area contributed by atoms with Gasteiger partial charge >= 0.3 is 0 Å². The number of aromatic nitrogens is 1. The first-order valence-electron chi connectivity index (χ1n) is 8.14. The number of aryl methyl sites for hydroxylation is 2. The maximum absolute atomic E-state index is 12.6. The van der Waals surface area contributed by atoms with Gasteiger partial charge in [0.05, 0.1) is 6.54 Å². The molecule has 0 saturated heterocycles. The number of rotatable bonds is 5. The Labute approximate surface area is 143 Å². The Kier molecular flexibility index (Phi) is 4.52. The van der Waals surface area contributed by atoms with E-state index in [9.17, 15) is 4.79 Å². The van der Waals surface area contributed by atoms with Crippen molar-refractivity contribution in [2.45, 2.75) is 20.8 Å². The minimum atomic E-state index is 0.104. The first-order chi connectivity index (χ1) is 11.6. The Balaban J connectivity index is 1.81.